The van der Waals surface area contributed by atoms with Crippen LogP contribution in [0.15, 0.2) is 58.3 Å². The van der Waals surface area contributed by atoms with E-state index in [1.165, 1.54) is 24.3 Å². The standard InChI is InChI=1S/C12H8ClFO2S/c13-11-3-1-2-4-12(11)17(15,16)10-7-5-9(14)6-8-10/h1-8H. The van der Waals surface area contributed by atoms with Crippen molar-refractivity contribution in [2.24, 2.45) is 0 Å². The molecule has 0 radical (unpaired) electrons. The number of benzene rings is 2. The predicted molar refractivity (Wildman–Crippen MR) is 63.3 cm³/mol. The lowest BCUT2D eigenvalue weighted by atomic mass is 10.3. The average Bonchev–Trinajstić information content (AvgIpc) is 2.30. The second kappa shape index (κ2) is 4.47. The molecule has 2 nitrogen and oxygen atoms in total. The summed E-state index contributed by atoms with van der Waals surface area (Å²) in [5.41, 5.74) is 0. The van der Waals surface area contributed by atoms with Gasteiger partial charge in [0.1, 0.15) is 5.82 Å². The lowest BCUT2D eigenvalue weighted by Crippen LogP contribution is -2.02. The van der Waals surface area contributed by atoms with Gasteiger partial charge in [-0.15, -0.1) is 0 Å². The summed E-state index contributed by atoms with van der Waals surface area (Å²) < 4.78 is 37.1. The molecule has 0 heterocycles. The van der Waals surface area contributed by atoms with Crippen LogP contribution in [0.4, 0.5) is 4.39 Å². The average molecular weight is 271 g/mol. The molecule has 0 fully saturated rings. The van der Waals surface area contributed by atoms with E-state index in [4.69, 9.17) is 11.6 Å². The van der Waals surface area contributed by atoms with Crippen molar-refractivity contribution in [1.82, 2.24) is 0 Å². The molecule has 2 aromatic carbocycles. The molecule has 88 valence electrons. The van der Waals surface area contributed by atoms with Crippen LogP contribution in [0.2, 0.25) is 5.02 Å². The molecule has 0 unspecified atom stereocenters. The summed E-state index contributed by atoms with van der Waals surface area (Å²) in [6.45, 7) is 0. The molecule has 2 rings (SSSR count). The quantitative estimate of drug-likeness (QED) is 0.785. The Balaban J connectivity index is 2.58. The fourth-order valence-electron chi connectivity index (χ4n) is 1.40. The predicted octanol–water partition coefficient (Wildman–Crippen LogP) is 3.31. The maximum absolute atomic E-state index is 12.7. The Morgan fingerprint density at radius 3 is 2.12 bits per heavy atom. The van der Waals surface area contributed by atoms with Crippen LogP contribution >= 0.6 is 11.6 Å². The molecular formula is C12H8ClFO2S. The molecule has 0 atom stereocenters. The summed E-state index contributed by atoms with van der Waals surface area (Å²) in [5.74, 6) is -0.483. The lowest BCUT2D eigenvalue weighted by molar-refractivity contribution is 0.595. The summed E-state index contributed by atoms with van der Waals surface area (Å²) in [4.78, 5) is 0.0419. The minimum absolute atomic E-state index is 0.0204. The van der Waals surface area contributed by atoms with Crippen molar-refractivity contribution in [3.8, 4) is 0 Å². The van der Waals surface area contributed by atoms with Gasteiger partial charge in [-0.1, -0.05) is 23.7 Å². The van der Waals surface area contributed by atoms with E-state index in [-0.39, 0.29) is 14.8 Å². The molecule has 0 N–H and O–H groups in total. The molecule has 0 saturated heterocycles. The van der Waals surface area contributed by atoms with Gasteiger partial charge in [0.15, 0.2) is 0 Å². The van der Waals surface area contributed by atoms with Crippen LogP contribution < -0.4 is 0 Å². The first kappa shape index (κ1) is 12.1. The van der Waals surface area contributed by atoms with Crippen LogP contribution in [-0.4, -0.2) is 8.42 Å². The number of sulfone groups is 1. The molecule has 17 heavy (non-hydrogen) atoms. The van der Waals surface area contributed by atoms with Gasteiger partial charge in [-0.2, -0.15) is 0 Å². The monoisotopic (exact) mass is 270 g/mol. The van der Waals surface area contributed by atoms with Crippen LogP contribution in [-0.2, 0) is 9.84 Å². The minimum atomic E-state index is -3.69. The Kier molecular flexibility index (Phi) is 3.17. The van der Waals surface area contributed by atoms with Gasteiger partial charge in [-0.3, -0.25) is 0 Å². The highest BCUT2D eigenvalue weighted by Crippen LogP contribution is 2.27. The van der Waals surface area contributed by atoms with E-state index in [0.717, 1.165) is 12.1 Å². The molecule has 0 aliphatic rings. The molecule has 2 aromatic rings. The maximum Gasteiger partial charge on any atom is 0.208 e. The zero-order valence-corrected chi connectivity index (χ0v) is 10.2. The Morgan fingerprint density at radius 1 is 0.941 bits per heavy atom. The van der Waals surface area contributed by atoms with E-state index in [0.29, 0.717) is 0 Å². The molecule has 0 bridgehead atoms. The molecule has 0 saturated carbocycles. The Hall–Kier alpha value is -1.39. The van der Waals surface area contributed by atoms with Crippen LogP contribution in [0.3, 0.4) is 0 Å². The molecule has 5 heteroatoms. The fourth-order valence-corrected chi connectivity index (χ4v) is 3.17. The topological polar surface area (TPSA) is 34.1 Å². The van der Waals surface area contributed by atoms with Crippen molar-refractivity contribution in [1.29, 1.82) is 0 Å². The van der Waals surface area contributed by atoms with Crippen molar-refractivity contribution >= 4 is 21.4 Å². The van der Waals surface area contributed by atoms with Gasteiger partial charge in [0.25, 0.3) is 0 Å². The van der Waals surface area contributed by atoms with Gasteiger partial charge in [-0.25, -0.2) is 12.8 Å². The van der Waals surface area contributed by atoms with E-state index >= 15 is 0 Å². The van der Waals surface area contributed by atoms with Gasteiger partial charge < -0.3 is 0 Å². The van der Waals surface area contributed by atoms with Gasteiger partial charge in [-0.05, 0) is 36.4 Å². The van der Waals surface area contributed by atoms with Gasteiger partial charge in [0, 0.05) is 0 Å². The summed E-state index contributed by atoms with van der Waals surface area (Å²) >= 11 is 5.84. The third-order valence-corrected chi connectivity index (χ3v) is 4.52. The zero-order valence-electron chi connectivity index (χ0n) is 8.60. The second-order valence-electron chi connectivity index (χ2n) is 3.39. The summed E-state index contributed by atoms with van der Waals surface area (Å²) in [7, 11) is -3.69. The van der Waals surface area contributed by atoms with Crippen LogP contribution in [0.1, 0.15) is 0 Å². The number of halogens is 2. The van der Waals surface area contributed by atoms with Gasteiger partial charge in [0.2, 0.25) is 9.84 Å². The number of hydrogen-bond donors (Lipinski definition) is 0. The van der Waals surface area contributed by atoms with E-state index in [1.807, 2.05) is 0 Å². The Labute approximate surface area is 104 Å². The van der Waals surface area contributed by atoms with Crippen molar-refractivity contribution in [2.75, 3.05) is 0 Å². The minimum Gasteiger partial charge on any atom is -0.218 e. The summed E-state index contributed by atoms with van der Waals surface area (Å²) in [6.07, 6.45) is 0. The third-order valence-electron chi connectivity index (χ3n) is 2.25. The highest BCUT2D eigenvalue weighted by molar-refractivity contribution is 7.91. The highest BCUT2D eigenvalue weighted by atomic mass is 35.5. The first-order valence-electron chi connectivity index (χ1n) is 4.77. The fraction of sp³-hybridized carbons (Fsp3) is 0. The van der Waals surface area contributed by atoms with Crippen LogP contribution in [0.25, 0.3) is 0 Å². The van der Waals surface area contributed by atoms with Crippen molar-refractivity contribution in [3.63, 3.8) is 0 Å². The van der Waals surface area contributed by atoms with E-state index < -0.39 is 15.7 Å². The van der Waals surface area contributed by atoms with E-state index in [2.05, 4.69) is 0 Å². The second-order valence-corrected chi connectivity index (χ2v) is 5.71. The van der Waals surface area contributed by atoms with Gasteiger partial charge in [0.05, 0.1) is 14.8 Å². The number of rotatable bonds is 2. The maximum atomic E-state index is 12.7. The van der Waals surface area contributed by atoms with Crippen molar-refractivity contribution < 1.29 is 12.8 Å². The van der Waals surface area contributed by atoms with Crippen molar-refractivity contribution in [2.45, 2.75) is 9.79 Å². The summed E-state index contributed by atoms with van der Waals surface area (Å²) in [5, 5.41) is 0.150. The van der Waals surface area contributed by atoms with Gasteiger partial charge >= 0.3 is 0 Å². The van der Waals surface area contributed by atoms with Crippen LogP contribution in [0.5, 0.6) is 0 Å². The molecule has 0 aliphatic heterocycles. The Bertz CT molecular complexity index is 636. The number of hydrogen-bond acceptors (Lipinski definition) is 2. The molecule has 0 aromatic heterocycles. The molecule has 0 spiro atoms. The SMILES string of the molecule is O=S(=O)(c1ccc(F)cc1)c1ccccc1Cl. The molecule has 0 amide bonds. The molecular weight excluding hydrogens is 263 g/mol. The molecule has 0 aliphatic carbocycles. The Morgan fingerprint density at radius 2 is 1.53 bits per heavy atom. The summed E-state index contributed by atoms with van der Waals surface area (Å²) in [6, 6.07) is 10.8. The first-order chi connectivity index (χ1) is 8.01. The van der Waals surface area contributed by atoms with Crippen LogP contribution in [0, 0.1) is 5.82 Å². The normalized spacial score (nSPS) is 11.4. The largest absolute Gasteiger partial charge is 0.218 e. The third kappa shape index (κ3) is 2.33. The highest BCUT2D eigenvalue weighted by Gasteiger charge is 2.20. The lowest BCUT2D eigenvalue weighted by Gasteiger charge is -2.05. The first-order valence-corrected chi connectivity index (χ1v) is 6.63. The van der Waals surface area contributed by atoms with E-state index in [1.54, 1.807) is 12.1 Å². The smallest absolute Gasteiger partial charge is 0.208 e. The zero-order chi connectivity index (χ0) is 12.5. The van der Waals surface area contributed by atoms with E-state index in [9.17, 15) is 12.8 Å². The van der Waals surface area contributed by atoms with Crippen molar-refractivity contribution in [3.05, 3.63) is 59.4 Å².